The van der Waals surface area contributed by atoms with Crippen molar-refractivity contribution in [3.8, 4) is 11.1 Å². The zero-order valence-electron chi connectivity index (χ0n) is 17.1. The van der Waals surface area contributed by atoms with E-state index in [0.29, 0.717) is 17.6 Å². The fourth-order valence-corrected chi connectivity index (χ4v) is 4.63. The van der Waals surface area contributed by atoms with Crippen molar-refractivity contribution < 1.29 is 9.53 Å². The van der Waals surface area contributed by atoms with Gasteiger partial charge in [-0.05, 0) is 31.5 Å². The zero-order chi connectivity index (χ0) is 20.9. The maximum Gasteiger partial charge on any atom is 0.407 e. The van der Waals surface area contributed by atoms with Crippen LogP contribution in [0.3, 0.4) is 0 Å². The highest BCUT2D eigenvalue weighted by Gasteiger charge is 2.43. The molecule has 1 spiro atoms. The van der Waals surface area contributed by atoms with Crippen LogP contribution in [-0.4, -0.2) is 46.1 Å². The topological polar surface area (TPSA) is 72.3 Å². The summed E-state index contributed by atoms with van der Waals surface area (Å²) in [4.78, 5) is 18.2. The van der Waals surface area contributed by atoms with Crippen LogP contribution in [0.5, 0.6) is 0 Å². The lowest BCUT2D eigenvalue weighted by Crippen LogP contribution is -2.46. The van der Waals surface area contributed by atoms with Crippen molar-refractivity contribution in [1.29, 1.82) is 0 Å². The first-order valence-electron chi connectivity index (χ1n) is 10.3. The third kappa shape index (κ3) is 3.27. The van der Waals surface area contributed by atoms with E-state index in [9.17, 15) is 4.79 Å². The van der Waals surface area contributed by atoms with Crippen LogP contribution >= 0.6 is 11.6 Å². The normalized spacial score (nSPS) is 18.3. The highest BCUT2D eigenvalue weighted by molar-refractivity contribution is 6.33. The van der Waals surface area contributed by atoms with E-state index in [2.05, 4.69) is 52.5 Å². The second-order valence-corrected chi connectivity index (χ2v) is 8.81. The lowest BCUT2D eigenvalue weighted by molar-refractivity contribution is 0.0367. The molecule has 2 aliphatic rings. The van der Waals surface area contributed by atoms with Crippen molar-refractivity contribution in [3.05, 3.63) is 41.8 Å². The van der Waals surface area contributed by atoms with E-state index in [1.807, 2.05) is 16.9 Å². The van der Waals surface area contributed by atoms with E-state index in [1.54, 1.807) is 6.20 Å². The van der Waals surface area contributed by atoms with Gasteiger partial charge in [-0.1, -0.05) is 17.7 Å². The number of nitrogens with zero attached hydrogens (tertiary/aromatic N) is 4. The summed E-state index contributed by atoms with van der Waals surface area (Å²) in [7, 11) is 0. The summed E-state index contributed by atoms with van der Waals surface area (Å²) >= 11 is 6.63. The molecule has 30 heavy (non-hydrogen) atoms. The number of fused-ring (bicyclic) bond motifs is 1. The zero-order valence-corrected chi connectivity index (χ0v) is 17.8. The van der Waals surface area contributed by atoms with Gasteiger partial charge in [0.05, 0.1) is 22.8 Å². The number of aromatic nitrogens is 3. The van der Waals surface area contributed by atoms with E-state index in [0.717, 1.165) is 53.6 Å². The first-order valence-corrected chi connectivity index (χ1v) is 10.7. The molecule has 1 amide bonds. The Morgan fingerprint density at radius 3 is 2.73 bits per heavy atom. The Kier molecular flexibility index (Phi) is 4.58. The number of amides is 1. The van der Waals surface area contributed by atoms with Gasteiger partial charge in [-0.3, -0.25) is 9.67 Å². The number of carbonyl (C=O) groups excluding carboxylic acids is 1. The monoisotopic (exact) mass is 425 g/mol. The van der Waals surface area contributed by atoms with Gasteiger partial charge in [-0.25, -0.2) is 4.79 Å². The summed E-state index contributed by atoms with van der Waals surface area (Å²) in [6.45, 7) is 6.34. The Morgan fingerprint density at radius 2 is 2.03 bits per heavy atom. The lowest BCUT2D eigenvalue weighted by atomic mass is 9.91. The maximum atomic E-state index is 11.5. The van der Waals surface area contributed by atoms with Gasteiger partial charge in [-0.2, -0.15) is 5.10 Å². The number of hydrogen-bond acceptors (Lipinski definition) is 5. The minimum absolute atomic E-state index is 0.309. The minimum atomic E-state index is -0.391. The second-order valence-electron chi connectivity index (χ2n) is 8.41. The highest BCUT2D eigenvalue weighted by atomic mass is 35.5. The first-order chi connectivity index (χ1) is 14.4. The molecule has 7 nitrogen and oxygen atoms in total. The highest BCUT2D eigenvalue weighted by Crippen LogP contribution is 2.40. The quantitative estimate of drug-likeness (QED) is 0.672. The number of ether oxygens (including phenoxy) is 1. The number of hydrogen-bond donors (Lipinski definition) is 1. The maximum absolute atomic E-state index is 11.5. The summed E-state index contributed by atoms with van der Waals surface area (Å²) in [5, 5.41) is 9.15. The molecule has 0 aliphatic carbocycles. The van der Waals surface area contributed by atoms with Gasteiger partial charge in [-0.15, -0.1) is 0 Å². The molecule has 3 aromatic rings. The summed E-state index contributed by atoms with van der Waals surface area (Å²) in [5.74, 6) is 0. The van der Waals surface area contributed by atoms with Gasteiger partial charge < -0.3 is 15.0 Å². The standard InChI is InChI=1S/C22H24ClN5O2/c1-14(2)28-12-16-9-15(3-4-19(16)26-28)17-10-24-11-18(23)20(17)27-7-5-22(6-8-27)13-25-21(29)30-22/h3-4,9-12,14H,5-8,13H2,1-2H3,(H,25,29). The number of rotatable bonds is 3. The van der Waals surface area contributed by atoms with Gasteiger partial charge in [0.15, 0.2) is 0 Å². The van der Waals surface area contributed by atoms with E-state index < -0.39 is 5.60 Å². The van der Waals surface area contributed by atoms with Crippen molar-refractivity contribution in [3.63, 3.8) is 0 Å². The molecule has 1 aromatic carbocycles. The van der Waals surface area contributed by atoms with E-state index >= 15 is 0 Å². The minimum Gasteiger partial charge on any atom is -0.441 e. The summed E-state index contributed by atoms with van der Waals surface area (Å²) in [5.41, 5.74) is 3.62. The van der Waals surface area contributed by atoms with Crippen LogP contribution in [0.2, 0.25) is 5.02 Å². The fourth-order valence-electron chi connectivity index (χ4n) is 4.36. The third-order valence-corrected chi connectivity index (χ3v) is 6.37. The number of alkyl carbamates (subject to hydrolysis) is 1. The third-order valence-electron chi connectivity index (χ3n) is 6.09. The molecule has 1 N–H and O–H groups in total. The number of anilines is 1. The van der Waals surface area contributed by atoms with Crippen LogP contribution in [0.4, 0.5) is 10.5 Å². The Bertz CT molecular complexity index is 1120. The van der Waals surface area contributed by atoms with Crippen LogP contribution in [-0.2, 0) is 4.74 Å². The predicted octanol–water partition coefficient (Wildman–Crippen LogP) is 4.41. The van der Waals surface area contributed by atoms with Crippen molar-refractivity contribution in [2.45, 2.75) is 38.3 Å². The largest absolute Gasteiger partial charge is 0.441 e. The Morgan fingerprint density at radius 1 is 1.23 bits per heavy atom. The van der Waals surface area contributed by atoms with Crippen molar-refractivity contribution in [2.24, 2.45) is 0 Å². The Labute approximate surface area is 180 Å². The first kappa shape index (κ1) is 19.2. The number of nitrogens with one attached hydrogen (secondary N) is 1. The molecule has 0 radical (unpaired) electrons. The van der Waals surface area contributed by atoms with Gasteiger partial charge in [0.25, 0.3) is 0 Å². The Hall–Kier alpha value is -2.80. The average Bonchev–Trinajstić information content (AvgIpc) is 3.32. The van der Waals surface area contributed by atoms with Crippen LogP contribution in [0.25, 0.3) is 22.0 Å². The van der Waals surface area contributed by atoms with E-state index in [-0.39, 0.29) is 6.09 Å². The molecule has 0 unspecified atom stereocenters. The van der Waals surface area contributed by atoms with Crippen molar-refractivity contribution in [2.75, 3.05) is 24.5 Å². The Balaban J connectivity index is 1.48. The summed E-state index contributed by atoms with van der Waals surface area (Å²) in [6.07, 6.45) is 6.86. The lowest BCUT2D eigenvalue weighted by Gasteiger charge is -2.39. The second kappa shape index (κ2) is 7.16. The summed E-state index contributed by atoms with van der Waals surface area (Å²) in [6, 6.07) is 6.57. The average molecular weight is 426 g/mol. The fraction of sp³-hybridized carbons (Fsp3) is 0.409. The molecular weight excluding hydrogens is 402 g/mol. The number of piperidine rings is 1. The van der Waals surface area contributed by atoms with Gasteiger partial charge in [0.2, 0.25) is 0 Å². The number of carbonyl (C=O) groups is 1. The predicted molar refractivity (Wildman–Crippen MR) is 117 cm³/mol. The molecular formula is C22H24ClN5O2. The van der Waals surface area contributed by atoms with Crippen molar-refractivity contribution >= 4 is 34.3 Å². The SMILES string of the molecule is CC(C)n1cc2cc(-c3cncc(Cl)c3N3CCC4(CC3)CNC(=O)O4)ccc2n1. The molecule has 2 saturated heterocycles. The van der Waals surface area contributed by atoms with Crippen LogP contribution < -0.4 is 10.2 Å². The number of benzene rings is 1. The molecule has 5 rings (SSSR count). The molecule has 4 heterocycles. The molecule has 0 atom stereocenters. The van der Waals surface area contributed by atoms with Crippen molar-refractivity contribution in [1.82, 2.24) is 20.1 Å². The number of halogens is 1. The van der Waals surface area contributed by atoms with Gasteiger partial charge in [0, 0.05) is 61.5 Å². The molecule has 0 saturated carbocycles. The smallest absolute Gasteiger partial charge is 0.407 e. The molecule has 2 aliphatic heterocycles. The van der Waals surface area contributed by atoms with E-state index in [4.69, 9.17) is 16.3 Å². The molecule has 2 fully saturated rings. The molecule has 0 bridgehead atoms. The van der Waals surface area contributed by atoms with E-state index in [1.165, 1.54) is 0 Å². The van der Waals surface area contributed by atoms with Crippen LogP contribution in [0, 0.1) is 0 Å². The van der Waals surface area contributed by atoms with Crippen LogP contribution in [0.1, 0.15) is 32.7 Å². The van der Waals surface area contributed by atoms with Gasteiger partial charge >= 0.3 is 6.09 Å². The molecule has 2 aromatic heterocycles. The number of pyridine rings is 1. The molecule has 156 valence electrons. The van der Waals surface area contributed by atoms with Gasteiger partial charge in [0.1, 0.15) is 5.60 Å². The summed E-state index contributed by atoms with van der Waals surface area (Å²) < 4.78 is 7.54. The van der Waals surface area contributed by atoms with Crippen LogP contribution in [0.15, 0.2) is 36.8 Å². The molecule has 8 heteroatoms.